The van der Waals surface area contributed by atoms with Crippen molar-refractivity contribution in [3.63, 3.8) is 0 Å². The molecule has 3 nitrogen and oxygen atoms in total. The molecule has 0 aromatic carbocycles. The topological polar surface area (TPSA) is 69.2 Å². The summed E-state index contributed by atoms with van der Waals surface area (Å²) in [5, 5.41) is 0. The van der Waals surface area contributed by atoms with Gasteiger partial charge in [0.05, 0.1) is 0 Å². The molecule has 0 atom stereocenters. The molecule has 1 radical (unpaired) electrons. The van der Waals surface area contributed by atoms with Crippen molar-refractivity contribution in [1.82, 2.24) is 0 Å². The molecule has 0 spiro atoms. The molecule has 0 aliphatic rings. The average Bonchev–Trinajstić information content (AvgIpc) is 0.722. The maximum Gasteiger partial charge on any atom is 0 e. The average molecular weight is 219 g/mol. The molecule has 0 unspecified atom stereocenters. The second-order valence-electron chi connectivity index (χ2n) is 0.447. The summed E-state index contributed by atoms with van der Waals surface area (Å²) >= 11 is 3.27. The molecule has 0 fully saturated rings. The van der Waals surface area contributed by atoms with Crippen LogP contribution in [-0.2, 0) is 34.2 Å². The molecular weight excluding hydrogens is 219 g/mol. The van der Waals surface area contributed by atoms with Gasteiger partial charge in [-0.25, -0.2) is 0 Å². The van der Waals surface area contributed by atoms with Gasteiger partial charge < -0.3 is 21.4 Å². The summed E-state index contributed by atoms with van der Waals surface area (Å²) in [6, 6.07) is 0. The first kappa shape index (κ1) is 10.3. The Kier molecular flexibility index (Phi) is 5.65. The van der Waals surface area contributed by atoms with Gasteiger partial charge in [0.2, 0.25) is 0 Å². The van der Waals surface area contributed by atoms with E-state index in [1.54, 1.807) is 0 Å². The van der Waals surface area contributed by atoms with Crippen LogP contribution >= 0.6 is 6.72 Å². The van der Waals surface area contributed by atoms with Crippen molar-refractivity contribution in [2.45, 2.75) is 0 Å². The maximum absolute atomic E-state index is 8.92. The van der Waals surface area contributed by atoms with Crippen LogP contribution in [0.5, 0.6) is 0 Å². The maximum atomic E-state index is 8.92. The summed E-state index contributed by atoms with van der Waals surface area (Å²) in [4.78, 5) is 26.8. The fraction of sp³-hybridized carbons (Fsp3) is 0. The summed E-state index contributed by atoms with van der Waals surface area (Å²) < 4.78 is 0. The van der Waals surface area contributed by atoms with Crippen LogP contribution in [0.4, 0.5) is 0 Å². The second kappa shape index (κ2) is 3.29. The van der Waals surface area contributed by atoms with E-state index in [1.807, 2.05) is 0 Å². The molecule has 6 heavy (non-hydrogen) atoms. The monoisotopic (exact) mass is 218 g/mol. The summed E-state index contributed by atoms with van der Waals surface area (Å²) in [6.07, 6.45) is 0. The minimum atomic E-state index is -4.56. The molecule has 0 bridgehead atoms. The first-order valence-electron chi connectivity index (χ1n) is 0.730. The Morgan fingerprint density at radius 1 is 1.17 bits per heavy atom. The standard InChI is InChI=1S/Ag.H3O3PS/c;1-4(2,3)5/h;(H3,1,2,3,5)/p-3. The minimum Gasteiger partial charge on any atom is -0.844 e. The Hall–Kier alpha value is 1.27. The Morgan fingerprint density at radius 3 is 1.17 bits per heavy atom. The number of hydrogen-bond donors (Lipinski definition) is 0. The van der Waals surface area contributed by atoms with Crippen molar-refractivity contribution < 1.29 is 37.1 Å². The van der Waals surface area contributed by atoms with Crippen molar-refractivity contribution >= 4 is 18.5 Å². The van der Waals surface area contributed by atoms with E-state index in [2.05, 4.69) is 11.8 Å². The van der Waals surface area contributed by atoms with E-state index >= 15 is 0 Å². The van der Waals surface area contributed by atoms with E-state index in [1.165, 1.54) is 0 Å². The smallest absolute Gasteiger partial charge is 0 e. The van der Waals surface area contributed by atoms with Crippen molar-refractivity contribution in [1.29, 1.82) is 0 Å². The predicted molar refractivity (Wildman–Crippen MR) is 14.3 cm³/mol. The Labute approximate surface area is 55.8 Å². The first-order chi connectivity index (χ1) is 2.00. The van der Waals surface area contributed by atoms with Gasteiger partial charge in [-0.15, -0.1) is 0 Å². The molecule has 0 aromatic rings. The van der Waals surface area contributed by atoms with Gasteiger partial charge in [-0.2, -0.15) is 11.8 Å². The van der Waals surface area contributed by atoms with E-state index in [9.17, 15) is 0 Å². The van der Waals surface area contributed by atoms with Gasteiger partial charge in [0.25, 0.3) is 0 Å². The van der Waals surface area contributed by atoms with E-state index in [0.29, 0.717) is 0 Å². The molecule has 6 heteroatoms. The van der Waals surface area contributed by atoms with Crippen molar-refractivity contribution in [2.24, 2.45) is 0 Å². The molecule has 0 aromatic heterocycles. The van der Waals surface area contributed by atoms with Crippen LogP contribution in [-0.4, -0.2) is 0 Å². The fourth-order valence-corrected chi connectivity index (χ4v) is 0. The number of hydrogen-bond acceptors (Lipinski definition) is 4. The summed E-state index contributed by atoms with van der Waals surface area (Å²) in [5.41, 5.74) is 0. The molecule has 0 saturated heterocycles. The molecule has 0 saturated carbocycles. The molecule has 0 heterocycles. The van der Waals surface area contributed by atoms with Gasteiger partial charge >= 0.3 is 0 Å². The molecule has 0 amide bonds. The normalized spacial score (nSPS) is 9.83. The van der Waals surface area contributed by atoms with E-state index in [-0.39, 0.29) is 22.4 Å². The largest absolute Gasteiger partial charge is 0.844 e. The summed E-state index contributed by atoms with van der Waals surface area (Å²) in [6.45, 7) is -4.56. The zero-order valence-corrected chi connectivity index (χ0v) is 5.57. The molecule has 0 rings (SSSR count). The number of rotatable bonds is 0. The van der Waals surface area contributed by atoms with Crippen LogP contribution in [0.25, 0.3) is 0 Å². The Bertz CT molecular complexity index is 56.9. The first-order valence-corrected chi connectivity index (χ1v) is 3.29. The fourth-order valence-electron chi connectivity index (χ4n) is 0. The van der Waals surface area contributed by atoms with E-state index < -0.39 is 6.72 Å². The quantitative estimate of drug-likeness (QED) is 0.328. The third-order valence-electron chi connectivity index (χ3n) is 0. The van der Waals surface area contributed by atoms with Crippen LogP contribution in [0.1, 0.15) is 0 Å². The predicted octanol–water partition coefficient (Wildman–Crippen LogP) is -2.71. The Morgan fingerprint density at radius 2 is 1.17 bits per heavy atom. The van der Waals surface area contributed by atoms with Gasteiger partial charge in [0.1, 0.15) is 0 Å². The van der Waals surface area contributed by atoms with Crippen LogP contribution < -0.4 is 14.7 Å². The van der Waals surface area contributed by atoms with Crippen LogP contribution in [0.2, 0.25) is 0 Å². The zero-order valence-electron chi connectivity index (χ0n) is 2.38. The Balaban J connectivity index is 0. The molecule has 43 valence electrons. The summed E-state index contributed by atoms with van der Waals surface area (Å²) in [7, 11) is 0. The summed E-state index contributed by atoms with van der Waals surface area (Å²) in [5.74, 6) is 0. The van der Waals surface area contributed by atoms with Crippen LogP contribution in [0.3, 0.4) is 0 Å². The zero-order chi connectivity index (χ0) is 4.50. The van der Waals surface area contributed by atoms with Gasteiger partial charge in [0.15, 0.2) is 0 Å². The minimum absolute atomic E-state index is 0. The molecule has 0 aliphatic heterocycles. The molecule has 0 aliphatic carbocycles. The third kappa shape index (κ3) is 59.6. The van der Waals surface area contributed by atoms with Crippen molar-refractivity contribution in [2.75, 3.05) is 0 Å². The van der Waals surface area contributed by atoms with Crippen LogP contribution in [0.15, 0.2) is 0 Å². The van der Waals surface area contributed by atoms with Gasteiger partial charge in [-0.1, -0.05) is 0 Å². The van der Waals surface area contributed by atoms with Gasteiger partial charge in [-0.3, -0.25) is 0 Å². The van der Waals surface area contributed by atoms with Crippen molar-refractivity contribution in [3.05, 3.63) is 0 Å². The van der Waals surface area contributed by atoms with E-state index in [0.717, 1.165) is 0 Å². The van der Waals surface area contributed by atoms with Gasteiger partial charge in [-0.05, 0) is 0 Å². The SMILES string of the molecule is [Ag].[O-]P([O-])([O-])=S. The second-order valence-corrected chi connectivity index (χ2v) is 2.68. The van der Waals surface area contributed by atoms with E-state index in [4.69, 9.17) is 14.7 Å². The van der Waals surface area contributed by atoms with Crippen LogP contribution in [0, 0.1) is 0 Å². The van der Waals surface area contributed by atoms with Crippen molar-refractivity contribution in [3.8, 4) is 0 Å². The van der Waals surface area contributed by atoms with Gasteiger partial charge in [0, 0.05) is 22.4 Å². The third-order valence-corrected chi connectivity index (χ3v) is 0. The molecular formula is AgO3PS-3. The molecule has 0 N–H and O–H groups in total.